The lowest BCUT2D eigenvalue weighted by Gasteiger charge is -2.30. The normalized spacial score (nSPS) is 16.6. The van der Waals surface area contributed by atoms with E-state index in [0.29, 0.717) is 0 Å². The second-order valence-corrected chi connectivity index (χ2v) is 14.7. The summed E-state index contributed by atoms with van der Waals surface area (Å²) in [5, 5.41) is 3.63. The second-order valence-electron chi connectivity index (χ2n) is 14.7. The number of hydrogen-bond acceptors (Lipinski definition) is 2. The van der Waals surface area contributed by atoms with Gasteiger partial charge in [-0.3, -0.25) is 0 Å². The Morgan fingerprint density at radius 1 is 0.519 bits per heavy atom. The van der Waals surface area contributed by atoms with E-state index in [4.69, 9.17) is 9.97 Å². The van der Waals surface area contributed by atoms with Crippen LogP contribution in [0.4, 0.5) is 0 Å². The van der Waals surface area contributed by atoms with Gasteiger partial charge in [0.2, 0.25) is 0 Å². The van der Waals surface area contributed by atoms with Crippen LogP contribution in [-0.2, 0) is 5.41 Å². The van der Waals surface area contributed by atoms with E-state index in [9.17, 15) is 0 Å². The van der Waals surface area contributed by atoms with Gasteiger partial charge in [-0.25, -0.2) is 9.97 Å². The minimum Gasteiger partial charge on any atom is -0.228 e. The number of aromatic nitrogens is 2. The average Bonchev–Trinajstić information content (AvgIpc) is 3.69. The number of para-hydroxylation sites is 1. The highest BCUT2D eigenvalue weighted by Crippen LogP contribution is 2.63. The third-order valence-electron chi connectivity index (χ3n) is 11.9. The van der Waals surface area contributed by atoms with Crippen LogP contribution in [0.1, 0.15) is 46.2 Å². The largest absolute Gasteiger partial charge is 0.228 e. The van der Waals surface area contributed by atoms with Crippen LogP contribution < -0.4 is 10.4 Å². The first-order valence-electron chi connectivity index (χ1n) is 19.0. The first kappa shape index (κ1) is 30.9. The molecule has 54 heavy (non-hydrogen) atoms. The van der Waals surface area contributed by atoms with Gasteiger partial charge >= 0.3 is 0 Å². The van der Waals surface area contributed by atoms with Crippen molar-refractivity contribution in [1.82, 2.24) is 9.97 Å². The third kappa shape index (κ3) is 4.34. The molecular formula is C52H36N2. The number of fused-ring (bicyclic) bond motifs is 12. The Morgan fingerprint density at radius 3 is 1.96 bits per heavy atom. The molecule has 7 aromatic carbocycles. The Kier molecular flexibility index (Phi) is 6.84. The molecule has 1 spiro atoms. The van der Waals surface area contributed by atoms with Crippen LogP contribution in [0.25, 0.3) is 67.5 Å². The molecule has 1 heterocycles. The second kappa shape index (κ2) is 11.9. The lowest BCUT2D eigenvalue weighted by molar-refractivity contribution is 0.794. The van der Waals surface area contributed by atoms with E-state index in [0.717, 1.165) is 46.4 Å². The highest BCUT2D eigenvalue weighted by Gasteiger charge is 2.52. The molecule has 1 aromatic heterocycles. The minimum atomic E-state index is -0.416. The SMILES string of the molecule is Cc1cc(C2=c3\cccc\c3=C\CC/C=C\2)ccc1-c1nc(-c2cccc3c2-c2ccccc2C32c3ccccc3-c3ccccc32)nc2ccccc12. The number of allylic oxidation sites excluding steroid dienone is 2. The van der Waals surface area contributed by atoms with Gasteiger partial charge in [-0.2, -0.15) is 0 Å². The maximum Gasteiger partial charge on any atom is 0.161 e. The molecule has 3 aliphatic carbocycles. The molecule has 0 N–H and O–H groups in total. The van der Waals surface area contributed by atoms with Gasteiger partial charge in [0, 0.05) is 16.5 Å². The van der Waals surface area contributed by atoms with Crippen LogP contribution >= 0.6 is 0 Å². The lowest BCUT2D eigenvalue weighted by Crippen LogP contribution is -2.27. The van der Waals surface area contributed by atoms with E-state index in [-0.39, 0.29) is 0 Å². The summed E-state index contributed by atoms with van der Waals surface area (Å²) in [4.78, 5) is 10.8. The van der Waals surface area contributed by atoms with Gasteiger partial charge < -0.3 is 0 Å². The number of rotatable bonds is 3. The van der Waals surface area contributed by atoms with Crippen molar-refractivity contribution < 1.29 is 0 Å². The number of aryl methyl sites for hydroxylation is 1. The summed E-state index contributed by atoms with van der Waals surface area (Å²) in [6.45, 7) is 2.22. The molecule has 0 fully saturated rings. The monoisotopic (exact) mass is 688 g/mol. The highest BCUT2D eigenvalue weighted by molar-refractivity contribution is 6.01. The maximum atomic E-state index is 5.52. The topological polar surface area (TPSA) is 25.8 Å². The molecule has 0 aliphatic heterocycles. The molecule has 2 heteroatoms. The highest BCUT2D eigenvalue weighted by atomic mass is 14.9. The molecule has 0 atom stereocenters. The first-order valence-corrected chi connectivity index (χ1v) is 19.0. The van der Waals surface area contributed by atoms with Crippen LogP contribution in [-0.4, -0.2) is 9.97 Å². The third-order valence-corrected chi connectivity index (χ3v) is 11.9. The van der Waals surface area contributed by atoms with Crippen molar-refractivity contribution in [3.8, 4) is 44.9 Å². The molecule has 0 saturated heterocycles. The number of benzene rings is 7. The smallest absolute Gasteiger partial charge is 0.161 e. The van der Waals surface area contributed by atoms with Crippen molar-refractivity contribution in [2.24, 2.45) is 0 Å². The van der Waals surface area contributed by atoms with Crippen LogP contribution in [0, 0.1) is 6.92 Å². The van der Waals surface area contributed by atoms with Crippen molar-refractivity contribution in [2.45, 2.75) is 25.2 Å². The molecule has 8 aromatic rings. The molecule has 0 amide bonds. The Labute approximate surface area is 315 Å². The van der Waals surface area contributed by atoms with Crippen molar-refractivity contribution in [3.05, 3.63) is 214 Å². The van der Waals surface area contributed by atoms with Crippen LogP contribution in [0.15, 0.2) is 170 Å². The van der Waals surface area contributed by atoms with Gasteiger partial charge in [-0.15, -0.1) is 0 Å². The Morgan fingerprint density at radius 2 is 1.17 bits per heavy atom. The van der Waals surface area contributed by atoms with Crippen molar-refractivity contribution in [2.75, 3.05) is 0 Å². The zero-order valence-corrected chi connectivity index (χ0v) is 30.1. The maximum absolute atomic E-state index is 5.52. The quantitative estimate of drug-likeness (QED) is 0.185. The van der Waals surface area contributed by atoms with E-state index >= 15 is 0 Å². The molecule has 254 valence electrons. The Balaban J connectivity index is 1.14. The lowest BCUT2D eigenvalue weighted by atomic mass is 9.70. The van der Waals surface area contributed by atoms with Gasteiger partial charge in [0.15, 0.2) is 5.82 Å². The van der Waals surface area contributed by atoms with E-state index < -0.39 is 5.41 Å². The van der Waals surface area contributed by atoms with Crippen molar-refractivity contribution in [3.63, 3.8) is 0 Å². The molecule has 3 aliphatic rings. The molecule has 0 radical (unpaired) electrons. The summed E-state index contributed by atoms with van der Waals surface area (Å²) < 4.78 is 0. The molecule has 0 bridgehead atoms. The first-order chi connectivity index (χ1) is 26.7. The van der Waals surface area contributed by atoms with E-state index in [1.165, 1.54) is 71.6 Å². The van der Waals surface area contributed by atoms with E-state index in [2.05, 4.69) is 183 Å². The van der Waals surface area contributed by atoms with Gasteiger partial charge in [0.1, 0.15) is 0 Å². The molecular weight excluding hydrogens is 653 g/mol. The summed E-state index contributed by atoms with van der Waals surface area (Å²) in [6.07, 6.45) is 9.07. The molecule has 11 rings (SSSR count). The summed E-state index contributed by atoms with van der Waals surface area (Å²) >= 11 is 0. The zero-order valence-electron chi connectivity index (χ0n) is 30.1. The van der Waals surface area contributed by atoms with Gasteiger partial charge in [-0.1, -0.05) is 170 Å². The Hall–Kier alpha value is -6.64. The van der Waals surface area contributed by atoms with Crippen LogP contribution in [0.5, 0.6) is 0 Å². The fourth-order valence-corrected chi connectivity index (χ4v) is 9.63. The predicted molar refractivity (Wildman–Crippen MR) is 222 cm³/mol. The average molecular weight is 689 g/mol. The zero-order chi connectivity index (χ0) is 35.8. The molecule has 0 saturated carbocycles. The molecule has 0 unspecified atom stereocenters. The van der Waals surface area contributed by atoms with Crippen molar-refractivity contribution >= 4 is 22.6 Å². The van der Waals surface area contributed by atoms with Crippen LogP contribution in [0.3, 0.4) is 0 Å². The summed E-state index contributed by atoms with van der Waals surface area (Å²) in [5.41, 5.74) is 17.7. The number of nitrogens with zero attached hydrogens (tertiary/aromatic N) is 2. The van der Waals surface area contributed by atoms with Gasteiger partial charge in [-0.05, 0) is 97.5 Å². The van der Waals surface area contributed by atoms with Crippen molar-refractivity contribution in [1.29, 1.82) is 0 Å². The summed E-state index contributed by atoms with van der Waals surface area (Å²) in [6, 6.07) is 57.7. The number of hydrogen-bond donors (Lipinski definition) is 0. The van der Waals surface area contributed by atoms with E-state index in [1.54, 1.807) is 0 Å². The van der Waals surface area contributed by atoms with Gasteiger partial charge in [0.05, 0.1) is 16.6 Å². The van der Waals surface area contributed by atoms with E-state index in [1.807, 2.05) is 0 Å². The van der Waals surface area contributed by atoms with Gasteiger partial charge in [0.25, 0.3) is 0 Å². The fourth-order valence-electron chi connectivity index (χ4n) is 9.63. The molecule has 2 nitrogen and oxygen atoms in total. The Bertz CT molecular complexity index is 2970. The van der Waals surface area contributed by atoms with Crippen LogP contribution in [0.2, 0.25) is 0 Å². The summed E-state index contributed by atoms with van der Waals surface area (Å²) in [5.74, 6) is 0.747. The fraction of sp³-hybridized carbons (Fsp3) is 0.0769. The standard InChI is InChI=1S/C52H36N2/c1-33-32-35(38-18-4-2-3-16-34-17-5-6-19-37(34)38)30-31-36(33)50-42-23-10-14-29-48(42)53-51(54-50)43-24-15-28-47-49(43)41-22-9-13-27-46(41)52(47)44-25-11-7-20-39(44)40-21-8-12-26-45(40)52/h4-32H,2-3H2,1H3/b18-4-,34-16-,38-37+. The predicted octanol–water partition coefficient (Wildman–Crippen LogP) is 10.9. The minimum absolute atomic E-state index is 0.416. The summed E-state index contributed by atoms with van der Waals surface area (Å²) in [7, 11) is 0.